The molecule has 0 aliphatic carbocycles. The highest BCUT2D eigenvalue weighted by Crippen LogP contribution is 2.11. The topological polar surface area (TPSA) is 87.3 Å². The fourth-order valence-corrected chi connectivity index (χ4v) is 3.54. The largest absolute Gasteiger partial charge is 0.379 e. The van der Waals surface area contributed by atoms with Crippen LogP contribution in [0.3, 0.4) is 0 Å². The Morgan fingerprint density at radius 3 is 2.70 bits per heavy atom. The third-order valence-corrected chi connectivity index (χ3v) is 5.36. The SMILES string of the molecule is O=C(Cc1c[nH]c2ccc(CN3CCOCC3)nc2c1=O)NCc1ccc(Cl)cc1. The lowest BCUT2D eigenvalue weighted by Crippen LogP contribution is -2.35. The van der Waals surface area contributed by atoms with E-state index in [1.54, 1.807) is 18.3 Å². The van der Waals surface area contributed by atoms with E-state index in [2.05, 4.69) is 20.2 Å². The average molecular weight is 427 g/mol. The number of carbonyl (C=O) groups excluding carboxylic acids is 1. The van der Waals surface area contributed by atoms with Crippen molar-refractivity contribution in [1.82, 2.24) is 20.2 Å². The van der Waals surface area contributed by atoms with Crippen LogP contribution in [0, 0.1) is 0 Å². The number of H-pyrrole nitrogens is 1. The first-order chi connectivity index (χ1) is 14.6. The molecule has 0 unspecified atom stereocenters. The first-order valence-electron chi connectivity index (χ1n) is 9.90. The van der Waals surface area contributed by atoms with E-state index in [0.717, 1.165) is 24.3 Å². The van der Waals surface area contributed by atoms with E-state index in [0.29, 0.717) is 47.9 Å². The molecule has 1 saturated heterocycles. The third kappa shape index (κ3) is 5.05. The van der Waals surface area contributed by atoms with Gasteiger partial charge in [-0.1, -0.05) is 23.7 Å². The number of nitrogens with one attached hydrogen (secondary N) is 2. The van der Waals surface area contributed by atoms with Gasteiger partial charge in [-0.2, -0.15) is 0 Å². The third-order valence-electron chi connectivity index (χ3n) is 5.10. The van der Waals surface area contributed by atoms with Crippen LogP contribution in [0.5, 0.6) is 0 Å². The number of carbonyl (C=O) groups is 1. The van der Waals surface area contributed by atoms with Crippen LogP contribution in [0.15, 0.2) is 47.4 Å². The molecule has 1 amide bonds. The molecule has 3 heterocycles. The predicted molar refractivity (Wildman–Crippen MR) is 115 cm³/mol. The molecule has 156 valence electrons. The molecule has 1 aliphatic heterocycles. The highest BCUT2D eigenvalue weighted by Gasteiger charge is 2.14. The second-order valence-corrected chi connectivity index (χ2v) is 7.75. The van der Waals surface area contributed by atoms with Crippen molar-refractivity contribution >= 4 is 28.5 Å². The zero-order chi connectivity index (χ0) is 20.9. The lowest BCUT2D eigenvalue weighted by Gasteiger charge is -2.26. The summed E-state index contributed by atoms with van der Waals surface area (Å²) in [7, 11) is 0. The van der Waals surface area contributed by atoms with Crippen LogP contribution in [0.2, 0.25) is 5.02 Å². The molecule has 0 atom stereocenters. The number of pyridine rings is 2. The molecular weight excluding hydrogens is 404 g/mol. The number of rotatable bonds is 6. The van der Waals surface area contributed by atoms with Crippen LogP contribution >= 0.6 is 11.6 Å². The number of aromatic nitrogens is 2. The summed E-state index contributed by atoms with van der Waals surface area (Å²) in [5.41, 5.74) is 2.98. The molecule has 0 saturated carbocycles. The van der Waals surface area contributed by atoms with Crippen molar-refractivity contribution < 1.29 is 9.53 Å². The van der Waals surface area contributed by atoms with E-state index in [1.165, 1.54) is 0 Å². The molecular formula is C22H23ClN4O3. The minimum atomic E-state index is -0.223. The van der Waals surface area contributed by atoms with Crippen molar-refractivity contribution in [2.24, 2.45) is 0 Å². The molecule has 8 heteroatoms. The highest BCUT2D eigenvalue weighted by molar-refractivity contribution is 6.30. The maximum Gasteiger partial charge on any atom is 0.224 e. The normalized spacial score (nSPS) is 14.7. The van der Waals surface area contributed by atoms with Gasteiger partial charge < -0.3 is 15.0 Å². The monoisotopic (exact) mass is 426 g/mol. The molecule has 0 radical (unpaired) electrons. The number of ether oxygens (including phenoxy) is 1. The zero-order valence-corrected chi connectivity index (χ0v) is 17.2. The lowest BCUT2D eigenvalue weighted by molar-refractivity contribution is -0.120. The van der Waals surface area contributed by atoms with Gasteiger partial charge >= 0.3 is 0 Å². The molecule has 3 aromatic rings. The number of benzene rings is 1. The minimum absolute atomic E-state index is 0.00572. The van der Waals surface area contributed by atoms with Gasteiger partial charge in [-0.15, -0.1) is 0 Å². The maximum atomic E-state index is 12.9. The lowest BCUT2D eigenvalue weighted by atomic mass is 10.1. The number of hydrogen-bond acceptors (Lipinski definition) is 5. The van der Waals surface area contributed by atoms with Crippen LogP contribution in [0.1, 0.15) is 16.8 Å². The summed E-state index contributed by atoms with van der Waals surface area (Å²) in [6.07, 6.45) is 1.59. The number of halogens is 1. The molecule has 1 aromatic carbocycles. The van der Waals surface area contributed by atoms with Crippen LogP contribution in [-0.4, -0.2) is 47.1 Å². The van der Waals surface area contributed by atoms with Crippen molar-refractivity contribution in [3.63, 3.8) is 0 Å². The van der Waals surface area contributed by atoms with Gasteiger partial charge in [0.05, 0.1) is 30.8 Å². The second kappa shape index (κ2) is 9.38. The molecule has 4 rings (SSSR count). The Labute approximate surface area is 179 Å². The van der Waals surface area contributed by atoms with Crippen LogP contribution < -0.4 is 10.7 Å². The molecule has 2 aromatic heterocycles. The predicted octanol–water partition coefficient (Wildman–Crippen LogP) is 2.27. The van der Waals surface area contributed by atoms with E-state index >= 15 is 0 Å². The Morgan fingerprint density at radius 1 is 1.17 bits per heavy atom. The van der Waals surface area contributed by atoms with Gasteiger partial charge in [0.2, 0.25) is 11.3 Å². The fraction of sp³-hybridized carbons (Fsp3) is 0.318. The quantitative estimate of drug-likeness (QED) is 0.631. The van der Waals surface area contributed by atoms with E-state index in [4.69, 9.17) is 16.3 Å². The molecule has 0 spiro atoms. The summed E-state index contributed by atoms with van der Waals surface area (Å²) >= 11 is 5.87. The van der Waals surface area contributed by atoms with Crippen molar-refractivity contribution in [3.8, 4) is 0 Å². The van der Waals surface area contributed by atoms with Gasteiger partial charge in [0.25, 0.3) is 0 Å². The Hall–Kier alpha value is -2.74. The standard InChI is InChI=1S/C22H23ClN4O3/c23-17-3-1-15(2-4-17)12-25-20(28)11-16-13-24-19-6-5-18(26-21(19)22(16)29)14-27-7-9-30-10-8-27/h1-6,13H,7-12,14H2,(H,24,29)(H,25,28). The molecule has 1 fully saturated rings. The van der Waals surface area contributed by atoms with Gasteiger partial charge in [0.1, 0.15) is 5.52 Å². The summed E-state index contributed by atoms with van der Waals surface area (Å²) < 4.78 is 5.37. The first-order valence-corrected chi connectivity index (χ1v) is 10.3. The Bertz CT molecular complexity index is 1090. The smallest absolute Gasteiger partial charge is 0.224 e. The number of nitrogens with zero attached hydrogens (tertiary/aromatic N) is 2. The van der Waals surface area contributed by atoms with E-state index < -0.39 is 0 Å². The van der Waals surface area contributed by atoms with Crippen molar-refractivity contribution in [1.29, 1.82) is 0 Å². The Kier molecular flexibility index (Phi) is 6.42. The van der Waals surface area contributed by atoms with Crippen LogP contribution in [0.25, 0.3) is 11.0 Å². The summed E-state index contributed by atoms with van der Waals surface area (Å²) in [5, 5.41) is 3.48. The first kappa shape index (κ1) is 20.5. The van der Waals surface area contributed by atoms with E-state index in [9.17, 15) is 9.59 Å². The van der Waals surface area contributed by atoms with Crippen molar-refractivity contribution in [2.75, 3.05) is 26.3 Å². The Balaban J connectivity index is 1.45. The summed E-state index contributed by atoms with van der Waals surface area (Å²) in [6.45, 7) is 4.18. The minimum Gasteiger partial charge on any atom is -0.379 e. The van der Waals surface area contributed by atoms with Crippen molar-refractivity contribution in [3.05, 3.63) is 74.7 Å². The maximum absolute atomic E-state index is 12.9. The molecule has 1 aliphatic rings. The van der Waals surface area contributed by atoms with Crippen LogP contribution in [0.4, 0.5) is 0 Å². The second-order valence-electron chi connectivity index (χ2n) is 7.31. The summed E-state index contributed by atoms with van der Waals surface area (Å²) in [5.74, 6) is -0.223. The Morgan fingerprint density at radius 2 is 1.93 bits per heavy atom. The number of morpholine rings is 1. The van der Waals surface area contributed by atoms with Crippen molar-refractivity contribution in [2.45, 2.75) is 19.5 Å². The molecule has 2 N–H and O–H groups in total. The van der Waals surface area contributed by atoms with Gasteiger partial charge in [0.15, 0.2) is 0 Å². The number of fused-ring (bicyclic) bond motifs is 1. The number of aromatic amines is 1. The highest BCUT2D eigenvalue weighted by atomic mass is 35.5. The average Bonchev–Trinajstić information content (AvgIpc) is 2.76. The van der Waals surface area contributed by atoms with Gasteiger partial charge in [-0.05, 0) is 29.8 Å². The molecule has 7 nitrogen and oxygen atoms in total. The summed E-state index contributed by atoms with van der Waals surface area (Å²) in [6, 6.07) is 11.0. The van der Waals surface area contributed by atoms with Crippen LogP contribution in [-0.2, 0) is 29.0 Å². The van der Waals surface area contributed by atoms with E-state index in [-0.39, 0.29) is 17.8 Å². The molecule has 0 bridgehead atoms. The number of hydrogen-bond donors (Lipinski definition) is 2. The van der Waals surface area contributed by atoms with E-state index in [1.807, 2.05) is 24.3 Å². The zero-order valence-electron chi connectivity index (χ0n) is 16.5. The van der Waals surface area contributed by atoms with Gasteiger partial charge in [-0.3, -0.25) is 14.5 Å². The number of amides is 1. The van der Waals surface area contributed by atoms with Gasteiger partial charge in [0, 0.05) is 43.0 Å². The van der Waals surface area contributed by atoms with Gasteiger partial charge in [-0.25, -0.2) is 4.98 Å². The summed E-state index contributed by atoms with van der Waals surface area (Å²) in [4.78, 5) is 35.2. The molecule has 30 heavy (non-hydrogen) atoms. The fourth-order valence-electron chi connectivity index (χ4n) is 3.42.